The average Bonchev–Trinajstić information content (AvgIpc) is 3.13. The molecule has 1 aromatic carbocycles. The van der Waals surface area contributed by atoms with Crippen molar-refractivity contribution in [3.8, 4) is 5.69 Å². The molecule has 0 saturated carbocycles. The van der Waals surface area contributed by atoms with Gasteiger partial charge in [-0.15, -0.1) is 16.4 Å². The Morgan fingerprint density at radius 2 is 2.30 bits per heavy atom. The van der Waals surface area contributed by atoms with Crippen molar-refractivity contribution < 1.29 is 4.79 Å². The molecule has 3 aromatic rings. The summed E-state index contributed by atoms with van der Waals surface area (Å²) in [5.74, 6) is 0.586. The normalized spacial score (nSPS) is 10.7. The molecule has 0 unspecified atom stereocenters. The van der Waals surface area contributed by atoms with Crippen LogP contribution in [-0.2, 0) is 10.5 Å². The molecule has 0 bridgehead atoms. The third kappa shape index (κ3) is 3.93. The van der Waals surface area contributed by atoms with Crippen LogP contribution in [0.3, 0.4) is 0 Å². The van der Waals surface area contributed by atoms with E-state index in [9.17, 15) is 4.79 Å². The Bertz CT molecular complexity index is 828. The fraction of sp³-hybridized carbons (Fsp3) is 0.214. The van der Waals surface area contributed by atoms with Gasteiger partial charge in [-0.2, -0.15) is 4.68 Å². The number of tetrazole rings is 1. The molecule has 0 fully saturated rings. The van der Waals surface area contributed by atoms with Gasteiger partial charge in [0.2, 0.25) is 11.1 Å². The molecule has 0 saturated heterocycles. The van der Waals surface area contributed by atoms with Crippen LogP contribution >= 0.6 is 23.1 Å². The van der Waals surface area contributed by atoms with Crippen LogP contribution in [0.5, 0.6) is 0 Å². The smallest absolute Gasteiger partial charge is 0.221 e. The molecule has 0 aliphatic carbocycles. The van der Waals surface area contributed by atoms with Crippen LogP contribution in [0.4, 0.5) is 5.69 Å². The molecule has 0 aliphatic rings. The summed E-state index contributed by atoms with van der Waals surface area (Å²) in [6.07, 6.45) is 0. The number of nitrogens with zero attached hydrogens (tertiary/aromatic N) is 5. The lowest BCUT2D eigenvalue weighted by Gasteiger charge is -2.06. The SMILES string of the molecule is CC(=O)Nc1cccc(-n2nnnc2SCc2csc(C)n2)c1. The van der Waals surface area contributed by atoms with Crippen LogP contribution in [-0.4, -0.2) is 31.1 Å². The van der Waals surface area contributed by atoms with Crippen LogP contribution in [0.25, 0.3) is 5.69 Å². The van der Waals surface area contributed by atoms with E-state index >= 15 is 0 Å². The second-order valence-corrected chi connectivity index (χ2v) is 6.76. The lowest BCUT2D eigenvalue weighted by Crippen LogP contribution is -2.07. The minimum Gasteiger partial charge on any atom is -0.326 e. The fourth-order valence-electron chi connectivity index (χ4n) is 1.96. The molecule has 0 atom stereocenters. The number of thioether (sulfide) groups is 1. The summed E-state index contributed by atoms with van der Waals surface area (Å²) in [6.45, 7) is 3.46. The maximum absolute atomic E-state index is 11.2. The number of hydrogen-bond donors (Lipinski definition) is 1. The lowest BCUT2D eigenvalue weighted by molar-refractivity contribution is -0.114. The maximum atomic E-state index is 11.2. The first-order valence-corrected chi connectivity index (χ1v) is 8.68. The molecule has 2 aromatic heterocycles. The van der Waals surface area contributed by atoms with Crippen LogP contribution in [0.15, 0.2) is 34.8 Å². The molecular formula is C14H14N6OS2. The Balaban J connectivity index is 1.78. The predicted octanol–water partition coefficient (Wildman–Crippen LogP) is 2.68. The molecule has 9 heteroatoms. The zero-order valence-corrected chi connectivity index (χ0v) is 14.2. The van der Waals surface area contributed by atoms with Gasteiger partial charge in [0, 0.05) is 23.7 Å². The van der Waals surface area contributed by atoms with E-state index in [1.165, 1.54) is 18.7 Å². The molecule has 1 N–H and O–H groups in total. The highest BCUT2D eigenvalue weighted by molar-refractivity contribution is 7.98. The Hall–Kier alpha value is -2.26. The minimum atomic E-state index is -0.118. The lowest BCUT2D eigenvalue weighted by atomic mass is 10.3. The number of nitrogens with one attached hydrogen (secondary N) is 1. The average molecular weight is 346 g/mol. The first-order valence-electron chi connectivity index (χ1n) is 6.82. The third-order valence-electron chi connectivity index (χ3n) is 2.87. The van der Waals surface area contributed by atoms with Gasteiger partial charge in [-0.1, -0.05) is 17.8 Å². The monoisotopic (exact) mass is 346 g/mol. The van der Waals surface area contributed by atoms with Gasteiger partial charge in [-0.05, 0) is 35.5 Å². The van der Waals surface area contributed by atoms with E-state index < -0.39 is 0 Å². The molecular weight excluding hydrogens is 332 g/mol. The van der Waals surface area contributed by atoms with Crippen molar-refractivity contribution in [2.24, 2.45) is 0 Å². The number of thiazole rings is 1. The third-order valence-corrected chi connectivity index (χ3v) is 4.64. The zero-order valence-electron chi connectivity index (χ0n) is 12.6. The maximum Gasteiger partial charge on any atom is 0.221 e. The molecule has 2 heterocycles. The van der Waals surface area contributed by atoms with Crippen molar-refractivity contribution in [1.82, 2.24) is 25.2 Å². The van der Waals surface area contributed by atoms with Crippen molar-refractivity contribution in [1.29, 1.82) is 0 Å². The van der Waals surface area contributed by atoms with Gasteiger partial charge in [0.15, 0.2) is 0 Å². The van der Waals surface area contributed by atoms with Crippen molar-refractivity contribution in [2.75, 3.05) is 5.32 Å². The predicted molar refractivity (Wildman–Crippen MR) is 89.9 cm³/mol. The highest BCUT2D eigenvalue weighted by Crippen LogP contribution is 2.24. The largest absolute Gasteiger partial charge is 0.326 e. The number of anilines is 1. The Morgan fingerprint density at radius 3 is 3.04 bits per heavy atom. The number of rotatable bonds is 5. The molecule has 7 nitrogen and oxygen atoms in total. The quantitative estimate of drug-likeness (QED) is 0.715. The summed E-state index contributed by atoms with van der Waals surface area (Å²) in [6, 6.07) is 7.38. The van der Waals surface area contributed by atoms with E-state index in [1.54, 1.807) is 16.0 Å². The summed E-state index contributed by atoms with van der Waals surface area (Å²) < 4.78 is 1.65. The van der Waals surface area contributed by atoms with E-state index in [-0.39, 0.29) is 5.91 Å². The van der Waals surface area contributed by atoms with Crippen molar-refractivity contribution in [2.45, 2.75) is 24.8 Å². The van der Waals surface area contributed by atoms with Crippen LogP contribution < -0.4 is 5.32 Å². The van der Waals surface area contributed by atoms with Gasteiger partial charge < -0.3 is 5.32 Å². The summed E-state index contributed by atoms with van der Waals surface area (Å²) in [7, 11) is 0. The van der Waals surface area contributed by atoms with Gasteiger partial charge in [0.1, 0.15) is 0 Å². The zero-order chi connectivity index (χ0) is 16.2. The van der Waals surface area contributed by atoms with E-state index in [1.807, 2.05) is 36.6 Å². The van der Waals surface area contributed by atoms with E-state index in [0.29, 0.717) is 16.6 Å². The Morgan fingerprint density at radius 1 is 1.43 bits per heavy atom. The van der Waals surface area contributed by atoms with E-state index in [2.05, 4.69) is 25.8 Å². The summed E-state index contributed by atoms with van der Waals surface area (Å²) >= 11 is 3.15. The van der Waals surface area contributed by atoms with Gasteiger partial charge in [0.05, 0.1) is 16.4 Å². The molecule has 0 spiro atoms. The molecule has 0 radical (unpaired) electrons. The standard InChI is InChI=1S/C14H14N6OS2/c1-9(21)15-11-4-3-5-13(6-11)20-14(17-18-19-20)23-8-12-7-22-10(2)16-12/h3-7H,8H2,1-2H3,(H,15,21). The van der Waals surface area contributed by atoms with Gasteiger partial charge in [-0.25, -0.2) is 4.98 Å². The number of aromatic nitrogens is 5. The van der Waals surface area contributed by atoms with Crippen molar-refractivity contribution in [3.63, 3.8) is 0 Å². The van der Waals surface area contributed by atoms with Gasteiger partial charge in [0.25, 0.3) is 0 Å². The van der Waals surface area contributed by atoms with Crippen LogP contribution in [0.1, 0.15) is 17.6 Å². The van der Waals surface area contributed by atoms with Gasteiger partial charge >= 0.3 is 0 Å². The minimum absolute atomic E-state index is 0.118. The van der Waals surface area contributed by atoms with Crippen LogP contribution in [0.2, 0.25) is 0 Å². The number of hydrogen-bond acceptors (Lipinski definition) is 7. The van der Waals surface area contributed by atoms with Gasteiger partial charge in [-0.3, -0.25) is 4.79 Å². The second-order valence-electron chi connectivity index (χ2n) is 4.75. The number of carbonyl (C=O) groups is 1. The molecule has 3 rings (SSSR count). The second kappa shape index (κ2) is 6.88. The molecule has 1 amide bonds. The number of aryl methyl sites for hydroxylation is 1. The number of carbonyl (C=O) groups excluding carboxylic acids is 1. The van der Waals surface area contributed by atoms with Crippen LogP contribution in [0, 0.1) is 6.92 Å². The number of amides is 1. The highest BCUT2D eigenvalue weighted by atomic mass is 32.2. The molecule has 0 aliphatic heterocycles. The molecule has 23 heavy (non-hydrogen) atoms. The first kappa shape index (κ1) is 15.6. The first-order chi connectivity index (χ1) is 11.1. The van der Waals surface area contributed by atoms with Crippen molar-refractivity contribution >= 4 is 34.7 Å². The summed E-state index contributed by atoms with van der Waals surface area (Å²) in [5.41, 5.74) is 2.51. The summed E-state index contributed by atoms with van der Waals surface area (Å²) in [4.78, 5) is 15.6. The topological polar surface area (TPSA) is 85.6 Å². The van der Waals surface area contributed by atoms with Crippen molar-refractivity contribution in [3.05, 3.63) is 40.3 Å². The summed E-state index contributed by atoms with van der Waals surface area (Å²) in [5, 5.41) is 18.3. The number of benzene rings is 1. The highest BCUT2D eigenvalue weighted by Gasteiger charge is 2.11. The van der Waals surface area contributed by atoms with E-state index in [4.69, 9.17) is 0 Å². The van der Waals surface area contributed by atoms with E-state index in [0.717, 1.165) is 16.4 Å². The molecule has 118 valence electrons. The fourth-order valence-corrected chi connectivity index (χ4v) is 3.46. The Kier molecular flexibility index (Phi) is 4.68. The Labute approximate surface area is 141 Å².